The Kier molecular flexibility index (Phi) is 6.72. The van der Waals surface area contributed by atoms with E-state index in [-0.39, 0.29) is 0 Å². The van der Waals surface area contributed by atoms with Gasteiger partial charge in [0.1, 0.15) is 11.5 Å². The fourth-order valence-electron chi connectivity index (χ4n) is 5.28. The molecular weight excluding hydrogens is 464 g/mol. The van der Waals surface area contributed by atoms with E-state index < -0.39 is 0 Å². The van der Waals surface area contributed by atoms with Crippen molar-refractivity contribution in [2.24, 2.45) is 0 Å². The van der Waals surface area contributed by atoms with Gasteiger partial charge in [0.2, 0.25) is 12.5 Å². The molecule has 3 heterocycles. The normalized spacial score (nSPS) is 13.2. The van der Waals surface area contributed by atoms with Crippen molar-refractivity contribution in [3.05, 3.63) is 72.4 Å². The number of benzene rings is 3. The number of nitrogens with one attached hydrogen (secondary N) is 1. The van der Waals surface area contributed by atoms with Crippen molar-refractivity contribution in [3.8, 4) is 34.3 Å². The topological polar surface area (TPSA) is 52.8 Å². The summed E-state index contributed by atoms with van der Waals surface area (Å²) in [5.74, 6) is 3.51. The van der Waals surface area contributed by atoms with Crippen molar-refractivity contribution in [1.29, 1.82) is 0 Å². The molecule has 6 nitrogen and oxygen atoms in total. The number of anilines is 1. The molecule has 2 aliphatic heterocycles. The third-order valence-corrected chi connectivity index (χ3v) is 7.23. The minimum Gasteiger partial charge on any atom is -0.495 e. The van der Waals surface area contributed by atoms with Gasteiger partial charge in [-0.3, -0.25) is 0 Å². The van der Waals surface area contributed by atoms with Crippen LogP contribution in [0.1, 0.15) is 31.2 Å². The Balaban J connectivity index is 1.13. The number of unbranched alkanes of at least 4 members (excludes halogenated alkanes) is 3. The Labute approximate surface area is 217 Å². The maximum atomic E-state index is 5.80. The highest BCUT2D eigenvalue weighted by atomic mass is 16.7. The van der Waals surface area contributed by atoms with Crippen molar-refractivity contribution in [2.75, 3.05) is 32.4 Å². The first-order chi connectivity index (χ1) is 18.3. The van der Waals surface area contributed by atoms with Crippen LogP contribution in [0.4, 0.5) is 5.69 Å². The number of aryl methyl sites for hydroxylation is 2. The predicted octanol–water partition coefficient (Wildman–Crippen LogP) is 6.14. The molecule has 0 bridgehead atoms. The lowest BCUT2D eigenvalue weighted by Gasteiger charge is -2.18. The second-order valence-corrected chi connectivity index (χ2v) is 9.61. The van der Waals surface area contributed by atoms with Gasteiger partial charge >= 0.3 is 0 Å². The molecule has 0 atom stereocenters. The van der Waals surface area contributed by atoms with Gasteiger partial charge in [-0.1, -0.05) is 37.1 Å². The Hall–Kier alpha value is -3.93. The number of hydrogen-bond acceptors (Lipinski definition) is 5. The first kappa shape index (κ1) is 23.5. The van der Waals surface area contributed by atoms with E-state index >= 15 is 0 Å². The first-order valence-corrected chi connectivity index (χ1v) is 13.2. The zero-order valence-electron chi connectivity index (χ0n) is 21.3. The molecule has 2 aliphatic rings. The molecule has 1 N–H and O–H groups in total. The maximum absolute atomic E-state index is 5.80. The van der Waals surface area contributed by atoms with Crippen molar-refractivity contribution in [1.82, 2.24) is 0 Å². The summed E-state index contributed by atoms with van der Waals surface area (Å²) in [5.41, 5.74) is 4.81. The second kappa shape index (κ2) is 10.6. The average Bonchev–Trinajstić information content (AvgIpc) is 3.40. The van der Waals surface area contributed by atoms with Gasteiger partial charge in [0, 0.05) is 19.0 Å². The zero-order chi connectivity index (χ0) is 25.0. The smallest absolute Gasteiger partial charge is 0.231 e. The van der Waals surface area contributed by atoms with Gasteiger partial charge < -0.3 is 24.3 Å². The number of hydrogen-bond donors (Lipinski definition) is 1. The van der Waals surface area contributed by atoms with E-state index in [1.165, 1.54) is 27.6 Å². The van der Waals surface area contributed by atoms with Gasteiger partial charge in [0.25, 0.3) is 0 Å². The fourth-order valence-corrected chi connectivity index (χ4v) is 5.28. The molecule has 6 heteroatoms. The van der Waals surface area contributed by atoms with Crippen LogP contribution in [0.3, 0.4) is 0 Å². The SMILES string of the molecule is COc1ccc2cc3[n+](cc2c1NCCCCCCOc1ccccc1)CCc1cc2c(cc1-3)OCO2. The molecule has 0 unspecified atom stereocenters. The molecule has 0 spiro atoms. The summed E-state index contributed by atoms with van der Waals surface area (Å²) in [6.45, 7) is 2.90. The molecule has 0 radical (unpaired) electrons. The number of aromatic nitrogens is 1. The van der Waals surface area contributed by atoms with Crippen molar-refractivity contribution >= 4 is 16.5 Å². The Bertz CT molecular complexity index is 1400. The summed E-state index contributed by atoms with van der Waals surface area (Å²) in [7, 11) is 1.74. The van der Waals surface area contributed by atoms with Gasteiger partial charge in [-0.2, -0.15) is 4.57 Å². The molecule has 0 saturated carbocycles. The molecule has 0 fully saturated rings. The highest BCUT2D eigenvalue weighted by Gasteiger charge is 2.28. The predicted molar refractivity (Wildman–Crippen MR) is 145 cm³/mol. The molecule has 0 aliphatic carbocycles. The van der Waals surface area contributed by atoms with E-state index in [1.54, 1.807) is 7.11 Å². The van der Waals surface area contributed by atoms with Crippen LogP contribution in [0.15, 0.2) is 66.9 Å². The van der Waals surface area contributed by atoms with Crippen molar-refractivity contribution in [2.45, 2.75) is 38.6 Å². The third-order valence-electron chi connectivity index (χ3n) is 7.23. The third kappa shape index (κ3) is 4.88. The minimum atomic E-state index is 0.298. The van der Waals surface area contributed by atoms with E-state index in [2.05, 4.69) is 46.4 Å². The first-order valence-electron chi connectivity index (χ1n) is 13.2. The van der Waals surface area contributed by atoms with E-state index in [0.29, 0.717) is 6.79 Å². The monoisotopic (exact) mass is 497 g/mol. The average molecular weight is 498 g/mol. The van der Waals surface area contributed by atoms with Gasteiger partial charge in [-0.05, 0) is 54.1 Å². The van der Waals surface area contributed by atoms with E-state index in [9.17, 15) is 0 Å². The summed E-state index contributed by atoms with van der Waals surface area (Å²) in [6, 6.07) is 20.8. The highest BCUT2D eigenvalue weighted by molar-refractivity contribution is 5.97. The van der Waals surface area contributed by atoms with Crippen LogP contribution in [0, 0.1) is 0 Å². The maximum Gasteiger partial charge on any atom is 0.231 e. The molecule has 0 amide bonds. The Morgan fingerprint density at radius 2 is 1.76 bits per heavy atom. The minimum absolute atomic E-state index is 0.298. The summed E-state index contributed by atoms with van der Waals surface area (Å²) < 4.78 is 25.1. The van der Waals surface area contributed by atoms with E-state index in [4.69, 9.17) is 18.9 Å². The molecule has 37 heavy (non-hydrogen) atoms. The lowest BCUT2D eigenvalue weighted by atomic mass is 9.95. The number of nitrogens with zero attached hydrogens (tertiary/aromatic N) is 1. The van der Waals surface area contributed by atoms with Gasteiger partial charge in [0.15, 0.2) is 24.2 Å². The fraction of sp³-hybridized carbons (Fsp3) is 0.323. The number of ether oxygens (including phenoxy) is 4. The largest absolute Gasteiger partial charge is 0.495 e. The molecule has 3 aromatic carbocycles. The van der Waals surface area contributed by atoms with Crippen molar-refractivity contribution < 1.29 is 23.5 Å². The molecule has 1 aromatic heterocycles. The molecule has 6 rings (SSSR count). The zero-order valence-corrected chi connectivity index (χ0v) is 21.3. The summed E-state index contributed by atoms with van der Waals surface area (Å²) in [4.78, 5) is 0. The van der Waals surface area contributed by atoms with Gasteiger partial charge in [0.05, 0.1) is 30.4 Å². The number of methoxy groups -OCH3 is 1. The van der Waals surface area contributed by atoms with Crippen LogP contribution in [0.5, 0.6) is 23.0 Å². The quantitative estimate of drug-likeness (QED) is 0.211. The number of rotatable bonds is 10. The lowest BCUT2D eigenvalue weighted by Crippen LogP contribution is -2.40. The number of pyridine rings is 1. The van der Waals surface area contributed by atoms with Crippen LogP contribution in [0.2, 0.25) is 0 Å². The standard InChI is InChI=1S/C31H32N2O4/c1-34-28-12-11-22-17-27-25-19-30-29(36-21-37-30)18-23(25)13-15-33(27)20-26(22)31(28)32-14-7-2-3-8-16-35-24-9-5-4-6-10-24/h4-6,9-12,17-20H,2-3,7-8,13-16,21H2,1H3/p+1. The van der Waals surface area contributed by atoms with Crippen LogP contribution in [0.25, 0.3) is 22.0 Å². The van der Waals surface area contributed by atoms with Crippen molar-refractivity contribution in [3.63, 3.8) is 0 Å². The van der Waals surface area contributed by atoms with E-state index in [0.717, 1.165) is 80.5 Å². The lowest BCUT2D eigenvalue weighted by molar-refractivity contribution is -0.686. The van der Waals surface area contributed by atoms with Crippen LogP contribution in [-0.4, -0.2) is 27.1 Å². The molecule has 4 aromatic rings. The summed E-state index contributed by atoms with van der Waals surface area (Å²) in [6.07, 6.45) is 7.72. The van der Waals surface area contributed by atoms with Crippen LogP contribution < -0.4 is 28.8 Å². The molecule has 190 valence electrons. The number of para-hydroxylation sites is 1. The molecular formula is C31H33N2O4+. The molecule has 0 saturated heterocycles. The van der Waals surface area contributed by atoms with Gasteiger partial charge in [-0.25, -0.2) is 0 Å². The Morgan fingerprint density at radius 3 is 2.62 bits per heavy atom. The van der Waals surface area contributed by atoms with E-state index in [1.807, 2.05) is 30.3 Å². The summed E-state index contributed by atoms with van der Waals surface area (Å²) in [5, 5.41) is 6.05. The highest BCUT2D eigenvalue weighted by Crippen LogP contribution is 2.41. The van der Waals surface area contributed by atoms with Crippen LogP contribution >= 0.6 is 0 Å². The second-order valence-electron chi connectivity index (χ2n) is 9.61. The van der Waals surface area contributed by atoms with Gasteiger partial charge in [-0.15, -0.1) is 0 Å². The number of fused-ring (bicyclic) bond motifs is 5. The Morgan fingerprint density at radius 1 is 0.919 bits per heavy atom. The van der Waals surface area contributed by atoms with Crippen LogP contribution in [-0.2, 0) is 13.0 Å². The summed E-state index contributed by atoms with van der Waals surface area (Å²) >= 11 is 0.